The van der Waals surface area contributed by atoms with E-state index >= 15 is 0 Å². The van der Waals surface area contributed by atoms with Crippen LogP contribution in [0.4, 0.5) is 5.69 Å². The Morgan fingerprint density at radius 2 is 2.08 bits per heavy atom. The Hall–Kier alpha value is -2.37. The van der Waals surface area contributed by atoms with Crippen molar-refractivity contribution in [1.29, 1.82) is 0 Å². The normalized spacial score (nSPS) is 17.3. The van der Waals surface area contributed by atoms with Gasteiger partial charge in [-0.1, -0.05) is 17.7 Å². The van der Waals surface area contributed by atoms with Crippen LogP contribution in [0.15, 0.2) is 40.8 Å². The third kappa shape index (κ3) is 2.97. The number of aryl methyl sites for hydroxylation is 1. The van der Waals surface area contributed by atoms with Crippen LogP contribution in [0.5, 0.6) is 0 Å². The third-order valence-corrected chi connectivity index (χ3v) is 5.12. The summed E-state index contributed by atoms with van der Waals surface area (Å²) in [6, 6.07) is 10.9. The molecule has 26 heavy (non-hydrogen) atoms. The van der Waals surface area contributed by atoms with Gasteiger partial charge in [0.2, 0.25) is 17.0 Å². The fourth-order valence-electron chi connectivity index (χ4n) is 3.11. The predicted molar refractivity (Wildman–Crippen MR) is 101 cm³/mol. The molecule has 0 unspecified atom stereocenters. The van der Waals surface area contributed by atoms with Gasteiger partial charge in [0.1, 0.15) is 5.52 Å². The molecule has 0 spiro atoms. The van der Waals surface area contributed by atoms with Crippen LogP contribution in [0.3, 0.4) is 0 Å². The van der Waals surface area contributed by atoms with Crippen LogP contribution in [0.25, 0.3) is 22.6 Å². The Morgan fingerprint density at radius 1 is 1.27 bits per heavy atom. The minimum atomic E-state index is -0.496. The molecule has 2 heterocycles. The molecule has 4 rings (SSSR count). The smallest absolute Gasteiger partial charge is 0.228 e. The van der Waals surface area contributed by atoms with E-state index in [2.05, 4.69) is 4.98 Å². The van der Waals surface area contributed by atoms with E-state index in [1.807, 2.05) is 25.1 Å². The minimum absolute atomic E-state index is 0.114. The first-order valence-corrected chi connectivity index (χ1v) is 8.85. The van der Waals surface area contributed by atoms with E-state index < -0.39 is 11.2 Å². The van der Waals surface area contributed by atoms with Crippen molar-refractivity contribution < 1.29 is 14.0 Å². The summed E-state index contributed by atoms with van der Waals surface area (Å²) in [5.41, 5.74) is 3.71. The van der Waals surface area contributed by atoms with E-state index in [-0.39, 0.29) is 18.9 Å². The zero-order chi connectivity index (χ0) is 18.4. The fraction of sp³-hybridized carbons (Fsp3) is 0.211. The first-order chi connectivity index (χ1) is 12.4. The summed E-state index contributed by atoms with van der Waals surface area (Å²) in [6.07, 6.45) is 0.114. The number of rotatable bonds is 3. The van der Waals surface area contributed by atoms with E-state index in [0.29, 0.717) is 27.7 Å². The number of carbonyl (C=O) groups excluding carboxylic acids is 2. The highest BCUT2D eigenvalue weighted by molar-refractivity contribution is 6.64. The Labute approximate surface area is 159 Å². The second kappa shape index (κ2) is 6.41. The zero-order valence-corrected chi connectivity index (χ0v) is 15.3. The molecule has 0 aliphatic carbocycles. The molecule has 1 aliphatic heterocycles. The molecule has 3 aromatic rings. The number of anilines is 1. The molecule has 1 amide bonds. The van der Waals surface area contributed by atoms with Crippen molar-refractivity contribution in [2.45, 2.75) is 13.3 Å². The molecule has 0 bridgehead atoms. The van der Waals surface area contributed by atoms with Gasteiger partial charge in [0.25, 0.3) is 0 Å². The van der Waals surface area contributed by atoms with E-state index in [9.17, 15) is 9.59 Å². The number of aromatic nitrogens is 1. The van der Waals surface area contributed by atoms with Crippen molar-refractivity contribution >= 4 is 51.1 Å². The minimum Gasteiger partial charge on any atom is -0.436 e. The fourth-order valence-corrected chi connectivity index (χ4v) is 3.45. The number of nitrogens with zero attached hydrogens (tertiary/aromatic N) is 2. The summed E-state index contributed by atoms with van der Waals surface area (Å²) in [4.78, 5) is 29.7. The van der Waals surface area contributed by atoms with Crippen molar-refractivity contribution in [3.05, 3.63) is 47.0 Å². The standard InChI is InChI=1S/C19H14Cl2N2O3/c1-10-2-5-16-15(6-10)22-19(26-16)13-8-12(3-4-14(13)20)23-9-11(18(21)25)7-17(23)24/h2-6,8,11H,7,9H2,1H3/t11-/m0/s1. The monoisotopic (exact) mass is 388 g/mol. The van der Waals surface area contributed by atoms with Crippen molar-refractivity contribution in [3.63, 3.8) is 0 Å². The molecule has 1 atom stereocenters. The van der Waals surface area contributed by atoms with Crippen molar-refractivity contribution in [2.24, 2.45) is 5.92 Å². The van der Waals surface area contributed by atoms with Gasteiger partial charge >= 0.3 is 0 Å². The average molecular weight is 389 g/mol. The van der Waals surface area contributed by atoms with Crippen LogP contribution in [0.2, 0.25) is 5.02 Å². The van der Waals surface area contributed by atoms with Crippen LogP contribution >= 0.6 is 23.2 Å². The molecule has 2 aromatic carbocycles. The quantitative estimate of drug-likeness (QED) is 0.616. The Kier molecular flexibility index (Phi) is 4.21. The SMILES string of the molecule is Cc1ccc2oc(-c3cc(N4C[C@@H](C(=O)Cl)CC4=O)ccc3Cl)nc2c1. The first kappa shape index (κ1) is 17.1. The van der Waals surface area contributed by atoms with Crippen molar-refractivity contribution in [1.82, 2.24) is 4.98 Å². The summed E-state index contributed by atoms with van der Waals surface area (Å²) < 4.78 is 5.82. The molecule has 0 radical (unpaired) electrons. The van der Waals surface area contributed by atoms with E-state index in [1.165, 1.54) is 4.90 Å². The first-order valence-electron chi connectivity index (χ1n) is 8.09. The van der Waals surface area contributed by atoms with Crippen LogP contribution in [-0.2, 0) is 9.59 Å². The van der Waals surface area contributed by atoms with Gasteiger partial charge in [0.05, 0.1) is 16.5 Å². The lowest BCUT2D eigenvalue weighted by Crippen LogP contribution is -2.25. The Balaban J connectivity index is 1.74. The van der Waals surface area contributed by atoms with Gasteiger partial charge in [-0.2, -0.15) is 0 Å². The number of oxazole rings is 1. The third-order valence-electron chi connectivity index (χ3n) is 4.48. The number of amides is 1. The number of hydrogen-bond donors (Lipinski definition) is 0. The molecule has 132 valence electrons. The number of fused-ring (bicyclic) bond motifs is 1. The topological polar surface area (TPSA) is 63.4 Å². The van der Waals surface area contributed by atoms with Gasteiger partial charge in [-0.05, 0) is 54.4 Å². The van der Waals surface area contributed by atoms with E-state index in [4.69, 9.17) is 27.6 Å². The van der Waals surface area contributed by atoms with Gasteiger partial charge in [0, 0.05) is 18.7 Å². The van der Waals surface area contributed by atoms with E-state index in [1.54, 1.807) is 18.2 Å². The maximum Gasteiger partial charge on any atom is 0.228 e. The second-order valence-electron chi connectivity index (χ2n) is 6.36. The maximum absolute atomic E-state index is 12.2. The van der Waals surface area contributed by atoms with Crippen molar-refractivity contribution in [2.75, 3.05) is 11.4 Å². The molecule has 1 saturated heterocycles. The number of hydrogen-bond acceptors (Lipinski definition) is 4. The molecule has 7 heteroatoms. The average Bonchev–Trinajstić information content (AvgIpc) is 3.18. The Bertz CT molecular complexity index is 1040. The van der Waals surface area contributed by atoms with Gasteiger partial charge in [-0.25, -0.2) is 4.98 Å². The summed E-state index contributed by atoms with van der Waals surface area (Å²) in [6.45, 7) is 2.24. The maximum atomic E-state index is 12.2. The molecular formula is C19H14Cl2N2O3. The van der Waals surface area contributed by atoms with Crippen LogP contribution in [-0.4, -0.2) is 22.7 Å². The lowest BCUT2D eigenvalue weighted by atomic mass is 10.1. The second-order valence-corrected chi connectivity index (χ2v) is 7.14. The van der Waals surface area contributed by atoms with Gasteiger partial charge in [-0.3, -0.25) is 9.59 Å². The highest BCUT2D eigenvalue weighted by atomic mass is 35.5. The Morgan fingerprint density at radius 3 is 2.81 bits per heavy atom. The summed E-state index contributed by atoms with van der Waals surface area (Å²) >= 11 is 11.9. The molecule has 1 aromatic heterocycles. The highest BCUT2D eigenvalue weighted by Gasteiger charge is 2.34. The van der Waals surface area contributed by atoms with Crippen molar-refractivity contribution in [3.8, 4) is 11.5 Å². The number of carbonyl (C=O) groups is 2. The lowest BCUT2D eigenvalue weighted by Gasteiger charge is -2.17. The van der Waals surface area contributed by atoms with E-state index in [0.717, 1.165) is 11.1 Å². The largest absolute Gasteiger partial charge is 0.436 e. The number of benzene rings is 2. The molecule has 5 nitrogen and oxygen atoms in total. The summed E-state index contributed by atoms with van der Waals surface area (Å²) in [7, 11) is 0. The molecule has 1 aliphatic rings. The molecule has 0 saturated carbocycles. The van der Waals surface area contributed by atoms with Crippen LogP contribution in [0.1, 0.15) is 12.0 Å². The number of halogens is 2. The van der Waals surface area contributed by atoms with Gasteiger partial charge in [0.15, 0.2) is 5.58 Å². The molecule has 0 N–H and O–H groups in total. The lowest BCUT2D eigenvalue weighted by molar-refractivity contribution is -0.120. The zero-order valence-electron chi connectivity index (χ0n) is 13.8. The van der Waals surface area contributed by atoms with Gasteiger partial charge < -0.3 is 9.32 Å². The summed E-state index contributed by atoms with van der Waals surface area (Å²) in [5.74, 6) is -0.255. The highest BCUT2D eigenvalue weighted by Crippen LogP contribution is 2.35. The molecular weight excluding hydrogens is 375 g/mol. The predicted octanol–water partition coefficient (Wildman–Crippen LogP) is 4.57. The van der Waals surface area contributed by atoms with Crippen LogP contribution < -0.4 is 4.90 Å². The van der Waals surface area contributed by atoms with Crippen LogP contribution in [0, 0.1) is 12.8 Å². The summed E-state index contributed by atoms with van der Waals surface area (Å²) in [5, 5.41) is -0.0296. The molecule has 1 fully saturated rings. The van der Waals surface area contributed by atoms with Gasteiger partial charge in [-0.15, -0.1) is 0 Å².